The first-order valence-electron chi connectivity index (χ1n) is 7.25. The Kier molecular flexibility index (Phi) is 3.90. The zero-order valence-corrected chi connectivity index (χ0v) is 12.1. The van der Waals surface area contributed by atoms with Crippen LogP contribution in [0.2, 0.25) is 0 Å². The molecule has 1 aromatic heterocycles. The van der Waals surface area contributed by atoms with Crippen LogP contribution in [0.15, 0.2) is 40.9 Å². The zero-order chi connectivity index (χ0) is 14.7. The van der Waals surface area contributed by atoms with Crippen LogP contribution in [-0.2, 0) is 6.54 Å². The largest absolute Gasteiger partial charge is 0.359 e. The predicted molar refractivity (Wildman–Crippen MR) is 78.6 cm³/mol. The van der Waals surface area contributed by atoms with Crippen LogP contribution in [0.4, 0.5) is 4.79 Å². The maximum Gasteiger partial charge on any atom is 0.318 e. The first-order valence-corrected chi connectivity index (χ1v) is 7.25. The van der Waals surface area contributed by atoms with Crippen molar-refractivity contribution >= 4 is 6.03 Å². The van der Waals surface area contributed by atoms with Gasteiger partial charge in [0.15, 0.2) is 5.76 Å². The minimum atomic E-state index is -0.0459. The molecule has 5 nitrogen and oxygen atoms in total. The lowest BCUT2D eigenvalue weighted by molar-refractivity contribution is 0.182. The third-order valence-corrected chi connectivity index (χ3v) is 3.77. The summed E-state index contributed by atoms with van der Waals surface area (Å²) in [6.45, 7) is 3.19. The normalized spacial score (nSPS) is 18.0. The fraction of sp³-hybridized carbons (Fsp3) is 0.375. The summed E-state index contributed by atoms with van der Waals surface area (Å²) >= 11 is 0. The van der Waals surface area contributed by atoms with Crippen molar-refractivity contribution in [3.63, 3.8) is 0 Å². The number of urea groups is 1. The van der Waals surface area contributed by atoms with Gasteiger partial charge in [-0.3, -0.25) is 0 Å². The van der Waals surface area contributed by atoms with Gasteiger partial charge in [0.25, 0.3) is 0 Å². The van der Waals surface area contributed by atoms with E-state index in [1.165, 1.54) is 0 Å². The maximum absolute atomic E-state index is 12.4. The molecular formula is C16H19N3O2. The third-order valence-electron chi connectivity index (χ3n) is 3.77. The summed E-state index contributed by atoms with van der Waals surface area (Å²) in [7, 11) is 0. The van der Waals surface area contributed by atoms with Gasteiger partial charge < -0.3 is 14.7 Å². The van der Waals surface area contributed by atoms with Crippen LogP contribution in [0.25, 0.3) is 0 Å². The molecule has 0 radical (unpaired) electrons. The summed E-state index contributed by atoms with van der Waals surface area (Å²) in [5.74, 6) is 0.778. The number of aryl methyl sites for hydroxylation is 1. The van der Waals surface area contributed by atoms with Gasteiger partial charge in [-0.25, -0.2) is 4.79 Å². The Morgan fingerprint density at radius 2 is 2.24 bits per heavy atom. The Bertz CT molecular complexity index is 609. The van der Waals surface area contributed by atoms with Crippen molar-refractivity contribution in [1.82, 2.24) is 15.4 Å². The van der Waals surface area contributed by atoms with Crippen LogP contribution >= 0.6 is 0 Å². The number of likely N-dealkylation sites (tertiary alicyclic amines) is 1. The molecule has 3 rings (SSSR count). The van der Waals surface area contributed by atoms with Gasteiger partial charge in [-0.2, -0.15) is 0 Å². The van der Waals surface area contributed by atoms with Crippen LogP contribution in [-0.4, -0.2) is 22.6 Å². The van der Waals surface area contributed by atoms with E-state index in [2.05, 4.69) is 10.5 Å². The van der Waals surface area contributed by atoms with Crippen LogP contribution in [0.1, 0.15) is 35.9 Å². The molecular weight excluding hydrogens is 266 g/mol. The number of aromatic nitrogens is 1. The number of hydrogen-bond donors (Lipinski definition) is 1. The van der Waals surface area contributed by atoms with Crippen molar-refractivity contribution in [1.29, 1.82) is 0 Å². The number of benzene rings is 1. The highest BCUT2D eigenvalue weighted by Gasteiger charge is 2.32. The number of nitrogens with zero attached hydrogens (tertiary/aromatic N) is 2. The average Bonchev–Trinajstić information content (AvgIpc) is 3.14. The molecule has 1 unspecified atom stereocenters. The summed E-state index contributed by atoms with van der Waals surface area (Å²) in [4.78, 5) is 14.2. The third kappa shape index (κ3) is 3.07. The van der Waals surface area contributed by atoms with Crippen molar-refractivity contribution in [3.05, 3.63) is 53.4 Å². The molecule has 1 aliphatic rings. The lowest BCUT2D eigenvalue weighted by atomic mass is 10.1. The number of nitrogens with one attached hydrogen (secondary N) is 1. The summed E-state index contributed by atoms with van der Waals surface area (Å²) in [5, 5.41) is 6.89. The number of carbonyl (C=O) groups is 1. The standard InChI is InChI=1S/C16H19N3O2/c1-12-10-15(21-18-12)14-8-5-9-19(14)16(20)17-11-13-6-3-2-4-7-13/h2-4,6-7,10,14H,5,8-9,11H2,1H3,(H,17,20). The Morgan fingerprint density at radius 1 is 1.43 bits per heavy atom. The van der Waals surface area contributed by atoms with Gasteiger partial charge in [-0.1, -0.05) is 35.5 Å². The van der Waals surface area contributed by atoms with Crippen molar-refractivity contribution in [2.24, 2.45) is 0 Å². The van der Waals surface area contributed by atoms with Gasteiger partial charge in [0, 0.05) is 19.2 Å². The first kappa shape index (κ1) is 13.7. The molecule has 2 aromatic rings. The Labute approximate surface area is 123 Å². The Morgan fingerprint density at radius 3 is 2.95 bits per heavy atom. The average molecular weight is 285 g/mol. The van der Waals surface area contributed by atoms with Crippen molar-refractivity contribution in [3.8, 4) is 0 Å². The second kappa shape index (κ2) is 5.99. The molecule has 1 saturated heterocycles. The van der Waals surface area contributed by atoms with E-state index >= 15 is 0 Å². The lowest BCUT2D eigenvalue weighted by Gasteiger charge is -2.23. The summed E-state index contributed by atoms with van der Waals surface area (Å²) in [5.41, 5.74) is 1.94. The lowest BCUT2D eigenvalue weighted by Crippen LogP contribution is -2.39. The van der Waals surface area contributed by atoms with Crippen LogP contribution in [0, 0.1) is 6.92 Å². The second-order valence-corrected chi connectivity index (χ2v) is 5.37. The first-order chi connectivity index (χ1) is 10.2. The molecule has 1 atom stereocenters. The summed E-state index contributed by atoms with van der Waals surface area (Å²) in [6.07, 6.45) is 1.91. The molecule has 1 aromatic carbocycles. The minimum Gasteiger partial charge on any atom is -0.359 e. The summed E-state index contributed by atoms with van der Waals surface area (Å²) in [6, 6.07) is 11.8. The van der Waals surface area contributed by atoms with Gasteiger partial charge in [0.2, 0.25) is 0 Å². The number of carbonyl (C=O) groups excluding carboxylic acids is 1. The van der Waals surface area contributed by atoms with E-state index in [0.29, 0.717) is 6.54 Å². The monoisotopic (exact) mass is 285 g/mol. The van der Waals surface area contributed by atoms with Gasteiger partial charge in [-0.05, 0) is 25.3 Å². The summed E-state index contributed by atoms with van der Waals surface area (Å²) < 4.78 is 5.32. The number of rotatable bonds is 3. The molecule has 2 heterocycles. The van der Waals surface area contributed by atoms with Crippen LogP contribution in [0.5, 0.6) is 0 Å². The molecule has 0 spiro atoms. The molecule has 1 fully saturated rings. The van der Waals surface area contributed by atoms with Crippen molar-refractivity contribution in [2.45, 2.75) is 32.4 Å². The van der Waals surface area contributed by atoms with Gasteiger partial charge in [0.05, 0.1) is 11.7 Å². The molecule has 0 aliphatic carbocycles. The number of hydrogen-bond acceptors (Lipinski definition) is 3. The van der Waals surface area contributed by atoms with Gasteiger partial charge >= 0.3 is 6.03 Å². The van der Waals surface area contributed by atoms with Crippen LogP contribution < -0.4 is 5.32 Å². The Hall–Kier alpha value is -2.30. The minimum absolute atomic E-state index is 0.00183. The SMILES string of the molecule is Cc1cc(C2CCCN2C(=O)NCc2ccccc2)on1. The van der Waals surface area contributed by atoms with E-state index in [0.717, 1.165) is 36.4 Å². The maximum atomic E-state index is 12.4. The molecule has 0 saturated carbocycles. The Balaban J connectivity index is 1.63. The van der Waals surface area contributed by atoms with E-state index < -0.39 is 0 Å². The second-order valence-electron chi connectivity index (χ2n) is 5.37. The van der Waals surface area contributed by atoms with E-state index in [1.54, 1.807) is 0 Å². The highest BCUT2D eigenvalue weighted by Crippen LogP contribution is 2.32. The van der Waals surface area contributed by atoms with E-state index in [-0.39, 0.29) is 12.1 Å². The molecule has 2 amide bonds. The van der Waals surface area contributed by atoms with E-state index in [1.807, 2.05) is 48.2 Å². The van der Waals surface area contributed by atoms with Crippen molar-refractivity contribution in [2.75, 3.05) is 6.54 Å². The topological polar surface area (TPSA) is 58.4 Å². The molecule has 1 aliphatic heterocycles. The van der Waals surface area contributed by atoms with Gasteiger partial charge in [-0.15, -0.1) is 0 Å². The highest BCUT2D eigenvalue weighted by atomic mass is 16.5. The van der Waals surface area contributed by atoms with Crippen molar-refractivity contribution < 1.29 is 9.32 Å². The smallest absolute Gasteiger partial charge is 0.318 e. The van der Waals surface area contributed by atoms with E-state index in [9.17, 15) is 4.79 Å². The molecule has 0 bridgehead atoms. The predicted octanol–water partition coefficient (Wildman–Crippen LogP) is 3.03. The van der Waals surface area contributed by atoms with E-state index in [4.69, 9.17) is 4.52 Å². The fourth-order valence-corrected chi connectivity index (χ4v) is 2.72. The molecule has 21 heavy (non-hydrogen) atoms. The zero-order valence-electron chi connectivity index (χ0n) is 12.1. The number of amides is 2. The quantitative estimate of drug-likeness (QED) is 0.943. The highest BCUT2D eigenvalue weighted by molar-refractivity contribution is 5.75. The molecule has 1 N–H and O–H groups in total. The molecule has 5 heteroatoms. The van der Waals surface area contributed by atoms with Crippen LogP contribution in [0.3, 0.4) is 0 Å². The molecule has 110 valence electrons. The fourth-order valence-electron chi connectivity index (χ4n) is 2.72. The van der Waals surface area contributed by atoms with Gasteiger partial charge in [0.1, 0.15) is 0 Å².